The lowest BCUT2D eigenvalue weighted by molar-refractivity contribution is 0.0989. The maximum Gasteiger partial charge on any atom is 0.274 e. The molecule has 0 radical (unpaired) electrons. The van der Waals surface area contributed by atoms with Gasteiger partial charge in [0.1, 0.15) is 11.3 Å². The summed E-state index contributed by atoms with van der Waals surface area (Å²) < 4.78 is 7.50. The molecule has 0 bridgehead atoms. The minimum absolute atomic E-state index is 0.0830. The highest BCUT2D eigenvalue weighted by Gasteiger charge is 2.27. The molecule has 0 fully saturated rings. The lowest BCUT2D eigenvalue weighted by Crippen LogP contribution is -2.29. The Balaban J connectivity index is 1.52. The van der Waals surface area contributed by atoms with Crippen LogP contribution in [0.3, 0.4) is 0 Å². The van der Waals surface area contributed by atoms with Crippen molar-refractivity contribution in [2.24, 2.45) is 0 Å². The van der Waals surface area contributed by atoms with E-state index in [-0.39, 0.29) is 11.5 Å². The molecule has 0 saturated carbocycles. The molecule has 1 aliphatic rings. The summed E-state index contributed by atoms with van der Waals surface area (Å²) in [7, 11) is 0. The minimum atomic E-state index is -0.225. The second kappa shape index (κ2) is 9.24. The van der Waals surface area contributed by atoms with Crippen molar-refractivity contribution in [3.63, 3.8) is 0 Å². The Morgan fingerprint density at radius 1 is 1.21 bits per heavy atom. The topological polar surface area (TPSA) is 79.7 Å². The van der Waals surface area contributed by atoms with Crippen LogP contribution in [0.5, 0.6) is 0 Å². The van der Waals surface area contributed by atoms with E-state index in [0.29, 0.717) is 41.2 Å². The van der Waals surface area contributed by atoms with Crippen LogP contribution in [-0.2, 0) is 17.6 Å². The van der Waals surface area contributed by atoms with Gasteiger partial charge in [-0.25, -0.2) is 4.98 Å². The van der Waals surface area contributed by atoms with E-state index in [1.165, 1.54) is 0 Å². The largest absolute Gasteiger partial charge is 0.381 e. The first-order valence-electron chi connectivity index (χ1n) is 11.7. The summed E-state index contributed by atoms with van der Waals surface area (Å²) in [4.78, 5) is 35.5. The summed E-state index contributed by atoms with van der Waals surface area (Å²) in [5, 5.41) is 0.671. The van der Waals surface area contributed by atoms with Crippen LogP contribution in [0.15, 0.2) is 41.3 Å². The molecule has 3 heterocycles. The molecule has 7 nitrogen and oxygen atoms in total. The number of imidazole rings is 1. The van der Waals surface area contributed by atoms with Crippen molar-refractivity contribution >= 4 is 39.7 Å². The fourth-order valence-corrected chi connectivity index (χ4v) is 4.89. The van der Waals surface area contributed by atoms with E-state index in [1.807, 2.05) is 29.5 Å². The number of fused-ring (bicyclic) bond motifs is 4. The van der Waals surface area contributed by atoms with Crippen LogP contribution in [-0.4, -0.2) is 40.0 Å². The first-order valence-corrected chi connectivity index (χ1v) is 12.1. The monoisotopic (exact) mass is 478 g/mol. The minimum Gasteiger partial charge on any atom is -0.381 e. The molecule has 1 N–H and O–H groups in total. The zero-order valence-electron chi connectivity index (χ0n) is 19.4. The highest BCUT2D eigenvalue weighted by atomic mass is 35.5. The molecule has 0 spiro atoms. The van der Waals surface area contributed by atoms with Crippen LogP contribution in [0.1, 0.15) is 47.1 Å². The maximum absolute atomic E-state index is 13.5. The number of rotatable bonds is 7. The van der Waals surface area contributed by atoms with Gasteiger partial charge in [0.25, 0.3) is 11.5 Å². The summed E-state index contributed by atoms with van der Waals surface area (Å²) in [5.41, 5.74) is 5.10. The van der Waals surface area contributed by atoms with E-state index >= 15 is 0 Å². The highest BCUT2D eigenvalue weighted by molar-refractivity contribution is 6.30. The quantitative estimate of drug-likeness (QED) is 0.390. The molecule has 0 aliphatic carbocycles. The van der Waals surface area contributed by atoms with Gasteiger partial charge >= 0.3 is 0 Å². The number of carbonyl (C=O) groups is 1. The van der Waals surface area contributed by atoms with Gasteiger partial charge in [-0.2, -0.15) is 0 Å². The molecule has 2 aromatic carbocycles. The number of nitrogens with zero attached hydrogens (tertiary/aromatic N) is 3. The van der Waals surface area contributed by atoms with Crippen molar-refractivity contribution < 1.29 is 9.53 Å². The Labute approximate surface area is 202 Å². The zero-order chi connectivity index (χ0) is 23.8. The number of hydrogen-bond acceptors (Lipinski definition) is 4. The van der Waals surface area contributed by atoms with Crippen molar-refractivity contribution in [2.75, 3.05) is 24.7 Å². The second-order valence-electron chi connectivity index (χ2n) is 8.73. The fraction of sp³-hybridized carbons (Fsp3) is 0.346. The normalized spacial score (nSPS) is 13.2. The van der Waals surface area contributed by atoms with E-state index in [9.17, 15) is 9.59 Å². The summed E-state index contributed by atoms with van der Waals surface area (Å²) in [6.45, 7) is 6.02. The van der Waals surface area contributed by atoms with Crippen molar-refractivity contribution in [3.8, 4) is 0 Å². The molecule has 8 heteroatoms. The third kappa shape index (κ3) is 3.99. The molecule has 1 aliphatic heterocycles. The molecule has 0 unspecified atom stereocenters. The molecule has 0 atom stereocenters. The Kier molecular flexibility index (Phi) is 6.15. The summed E-state index contributed by atoms with van der Waals surface area (Å²) in [6, 6.07) is 9.37. The first-order chi connectivity index (χ1) is 16.5. The van der Waals surface area contributed by atoms with Gasteiger partial charge in [0.15, 0.2) is 0 Å². The maximum atomic E-state index is 13.5. The Morgan fingerprint density at radius 2 is 2.06 bits per heavy atom. The van der Waals surface area contributed by atoms with Gasteiger partial charge < -0.3 is 14.6 Å². The average Bonchev–Trinajstić information content (AvgIpc) is 3.43. The number of H-pyrrole nitrogens is 1. The second-order valence-corrected chi connectivity index (χ2v) is 9.17. The lowest BCUT2D eigenvalue weighted by atomic mass is 10.1. The molecule has 4 aromatic rings. The fourth-order valence-electron chi connectivity index (χ4n) is 4.70. The van der Waals surface area contributed by atoms with Crippen LogP contribution >= 0.6 is 11.6 Å². The number of carbonyl (C=O) groups excluding carboxylic acids is 1. The van der Waals surface area contributed by atoms with Crippen LogP contribution in [0.4, 0.5) is 5.69 Å². The molecule has 1 amide bonds. The standard InChI is InChI=1S/C26H27ClN4O3/c1-3-10-34-11-4-5-24-28-15-23-25(32)29-20-14-19(16(2)12-22(20)31(23)24)26(33)30-9-8-17-13-18(27)6-7-21(17)30/h6-7,12-15H,3-5,8-11H2,1-2H3,(H,29,32). The lowest BCUT2D eigenvalue weighted by Gasteiger charge is -2.19. The van der Waals surface area contributed by atoms with Gasteiger partial charge in [-0.1, -0.05) is 18.5 Å². The Morgan fingerprint density at radius 3 is 2.88 bits per heavy atom. The van der Waals surface area contributed by atoms with Crippen LogP contribution in [0, 0.1) is 6.92 Å². The highest BCUT2D eigenvalue weighted by Crippen LogP contribution is 2.32. The molecule has 5 rings (SSSR count). The van der Waals surface area contributed by atoms with E-state index in [2.05, 4.69) is 16.9 Å². The number of aromatic amines is 1. The van der Waals surface area contributed by atoms with Gasteiger partial charge in [0.2, 0.25) is 0 Å². The number of aryl methyl sites for hydroxylation is 2. The molecule has 34 heavy (non-hydrogen) atoms. The predicted molar refractivity (Wildman–Crippen MR) is 134 cm³/mol. The van der Waals surface area contributed by atoms with Crippen LogP contribution in [0.25, 0.3) is 16.6 Å². The third-order valence-electron chi connectivity index (χ3n) is 6.35. The number of amides is 1. The summed E-state index contributed by atoms with van der Waals surface area (Å²) >= 11 is 6.13. The first kappa shape index (κ1) is 22.6. The Hall–Kier alpha value is -3.16. The van der Waals surface area contributed by atoms with Gasteiger partial charge in [-0.05, 0) is 67.6 Å². The third-order valence-corrected chi connectivity index (χ3v) is 6.58. The van der Waals surface area contributed by atoms with Gasteiger partial charge in [-0.3, -0.25) is 14.0 Å². The van der Waals surface area contributed by atoms with E-state index in [1.54, 1.807) is 23.2 Å². The van der Waals surface area contributed by atoms with Crippen molar-refractivity contribution in [2.45, 2.75) is 39.5 Å². The summed E-state index contributed by atoms with van der Waals surface area (Å²) in [6.07, 6.45) is 4.89. The number of nitrogens with one attached hydrogen (secondary N) is 1. The molecular weight excluding hydrogens is 452 g/mol. The Bertz CT molecular complexity index is 1460. The van der Waals surface area contributed by atoms with E-state index in [0.717, 1.165) is 54.0 Å². The molecular formula is C26H27ClN4O3. The zero-order valence-corrected chi connectivity index (χ0v) is 20.1. The van der Waals surface area contributed by atoms with Crippen LogP contribution < -0.4 is 10.5 Å². The smallest absolute Gasteiger partial charge is 0.274 e. The number of anilines is 1. The number of ether oxygens (including phenoxy) is 1. The summed E-state index contributed by atoms with van der Waals surface area (Å²) in [5.74, 6) is 0.732. The van der Waals surface area contributed by atoms with Crippen molar-refractivity contribution in [3.05, 3.63) is 74.4 Å². The van der Waals surface area contributed by atoms with Gasteiger partial charge in [0.05, 0.1) is 17.2 Å². The van der Waals surface area contributed by atoms with Gasteiger partial charge in [0, 0.05) is 42.5 Å². The van der Waals surface area contributed by atoms with E-state index < -0.39 is 0 Å². The van der Waals surface area contributed by atoms with Crippen molar-refractivity contribution in [1.29, 1.82) is 0 Å². The molecule has 2 aromatic heterocycles. The van der Waals surface area contributed by atoms with E-state index in [4.69, 9.17) is 16.3 Å². The van der Waals surface area contributed by atoms with Crippen LogP contribution in [0.2, 0.25) is 5.02 Å². The molecule has 176 valence electrons. The SMILES string of the molecule is CCCOCCCc1ncc2c(=O)[nH]c3cc(C(=O)N4CCc5cc(Cl)ccc54)c(C)cc3n12. The number of halogens is 1. The van der Waals surface area contributed by atoms with Crippen molar-refractivity contribution in [1.82, 2.24) is 14.4 Å². The number of hydrogen-bond donors (Lipinski definition) is 1. The van der Waals surface area contributed by atoms with Gasteiger partial charge in [-0.15, -0.1) is 0 Å². The number of aromatic nitrogens is 3. The molecule has 0 saturated heterocycles. The number of benzene rings is 2. The predicted octanol–water partition coefficient (Wildman–Crippen LogP) is 4.70. The average molecular weight is 479 g/mol.